The highest BCUT2D eigenvalue weighted by Crippen LogP contribution is 2.67. The molecule has 1 saturated heterocycles. The Labute approximate surface area is 234 Å². The number of nitrogens with one attached hydrogen (secondary N) is 1. The van der Waals surface area contributed by atoms with Gasteiger partial charge in [-0.2, -0.15) is 5.26 Å². The Balaban J connectivity index is 1.29. The maximum absolute atomic E-state index is 15.1. The molecule has 2 aliphatic carbocycles. The van der Waals surface area contributed by atoms with Gasteiger partial charge < -0.3 is 10.1 Å². The average Bonchev–Trinajstić information content (AvgIpc) is 3.20. The van der Waals surface area contributed by atoms with Crippen molar-refractivity contribution in [2.45, 2.75) is 69.2 Å². The van der Waals surface area contributed by atoms with Gasteiger partial charge in [0.05, 0.1) is 11.0 Å². The van der Waals surface area contributed by atoms with Gasteiger partial charge >= 0.3 is 6.09 Å². The van der Waals surface area contributed by atoms with E-state index >= 15 is 4.39 Å². The van der Waals surface area contributed by atoms with Crippen LogP contribution in [0.1, 0.15) is 39.7 Å². The van der Waals surface area contributed by atoms with Gasteiger partial charge in [-0.15, -0.1) is 0 Å². The summed E-state index contributed by atoms with van der Waals surface area (Å²) in [4.78, 5) is 28.4. The molecule has 40 heavy (non-hydrogen) atoms. The van der Waals surface area contributed by atoms with Crippen molar-refractivity contribution in [1.82, 2.24) is 10.2 Å². The molecule has 1 aliphatic heterocycles. The van der Waals surface area contributed by atoms with Crippen molar-refractivity contribution in [3.8, 4) is 17.2 Å². The van der Waals surface area contributed by atoms with Crippen LogP contribution in [0.4, 0.5) is 9.18 Å². The molecule has 5 rings (SSSR count). The summed E-state index contributed by atoms with van der Waals surface area (Å²) < 4.78 is 44.1. The van der Waals surface area contributed by atoms with Crippen LogP contribution in [0.25, 0.3) is 11.1 Å². The number of carbonyl (C=O) groups excluding carboxylic acids is 2. The van der Waals surface area contributed by atoms with Crippen LogP contribution in [-0.2, 0) is 25.8 Å². The molecule has 2 unspecified atom stereocenters. The molecule has 7 atom stereocenters. The van der Waals surface area contributed by atoms with Crippen LogP contribution < -0.4 is 5.32 Å². The molecule has 212 valence electrons. The minimum absolute atomic E-state index is 0.0157. The number of fused-ring (bicyclic) bond motifs is 5. The summed E-state index contributed by atoms with van der Waals surface area (Å²) in [6.07, 6.45) is 1.31. The number of nitriles is 1. The smallest absolute Gasteiger partial charge is 0.411 e. The highest BCUT2D eigenvalue weighted by molar-refractivity contribution is 7.90. The first-order valence-corrected chi connectivity index (χ1v) is 15.4. The third-order valence-electron chi connectivity index (χ3n) is 8.47. The minimum Gasteiger partial charge on any atom is -0.444 e. The number of rotatable bonds is 6. The Morgan fingerprint density at radius 1 is 1.15 bits per heavy atom. The van der Waals surface area contributed by atoms with Gasteiger partial charge in [-0.05, 0) is 85.8 Å². The van der Waals surface area contributed by atoms with Gasteiger partial charge in [0, 0.05) is 18.7 Å². The lowest BCUT2D eigenvalue weighted by Gasteiger charge is -2.35. The molecule has 3 fully saturated rings. The van der Waals surface area contributed by atoms with Crippen molar-refractivity contribution in [2.24, 2.45) is 23.7 Å². The number of nitrogens with zero attached hydrogens (tertiary/aromatic N) is 2. The van der Waals surface area contributed by atoms with E-state index in [1.165, 1.54) is 18.2 Å². The Kier molecular flexibility index (Phi) is 6.94. The van der Waals surface area contributed by atoms with Gasteiger partial charge in [-0.25, -0.2) is 17.6 Å². The number of piperidine rings is 1. The lowest BCUT2D eigenvalue weighted by molar-refractivity contribution is -0.128. The molecular weight excluding hydrogens is 533 g/mol. The fourth-order valence-electron chi connectivity index (χ4n) is 6.73. The second kappa shape index (κ2) is 9.88. The quantitative estimate of drug-likeness (QED) is 0.555. The molecule has 2 amide bonds. The molecule has 1 heterocycles. The summed E-state index contributed by atoms with van der Waals surface area (Å²) in [5, 5.41) is 12.6. The third kappa shape index (κ3) is 5.19. The van der Waals surface area contributed by atoms with Gasteiger partial charge in [-0.3, -0.25) is 9.69 Å². The van der Waals surface area contributed by atoms with Gasteiger partial charge in [0.15, 0.2) is 9.84 Å². The summed E-state index contributed by atoms with van der Waals surface area (Å²) in [7, 11) is -3.34. The van der Waals surface area contributed by atoms with Crippen LogP contribution in [0.2, 0.25) is 0 Å². The number of hydrogen-bond donors (Lipinski definition) is 1. The van der Waals surface area contributed by atoms with Crippen LogP contribution in [0.3, 0.4) is 0 Å². The van der Waals surface area contributed by atoms with Gasteiger partial charge in [0.2, 0.25) is 5.91 Å². The van der Waals surface area contributed by atoms with Crippen LogP contribution in [0, 0.1) is 40.8 Å². The molecule has 2 bridgehead atoms. The van der Waals surface area contributed by atoms with Crippen LogP contribution in [0.15, 0.2) is 47.4 Å². The first-order chi connectivity index (χ1) is 18.7. The maximum atomic E-state index is 15.1. The number of carbonyl (C=O) groups is 2. The van der Waals surface area contributed by atoms with Crippen molar-refractivity contribution in [3.05, 3.63) is 53.8 Å². The second-order valence-electron chi connectivity index (χ2n) is 12.3. The Morgan fingerprint density at radius 3 is 2.38 bits per heavy atom. The van der Waals surface area contributed by atoms with Crippen molar-refractivity contribution in [2.75, 3.05) is 6.26 Å². The summed E-state index contributed by atoms with van der Waals surface area (Å²) >= 11 is 0. The Bertz CT molecular complexity index is 1490. The number of benzene rings is 2. The van der Waals surface area contributed by atoms with E-state index in [2.05, 4.69) is 18.3 Å². The molecule has 2 aromatic rings. The van der Waals surface area contributed by atoms with Crippen molar-refractivity contribution in [1.29, 1.82) is 5.26 Å². The maximum Gasteiger partial charge on any atom is 0.411 e. The molecule has 3 aliphatic rings. The monoisotopic (exact) mass is 567 g/mol. The molecular formula is C30H34FN3O5S. The summed E-state index contributed by atoms with van der Waals surface area (Å²) in [5.41, 5.74) is 0.760. The zero-order chi connectivity index (χ0) is 29.1. The van der Waals surface area contributed by atoms with Gasteiger partial charge in [0.1, 0.15) is 23.5 Å². The highest BCUT2D eigenvalue weighted by atomic mass is 32.2. The fourth-order valence-corrected chi connectivity index (χ4v) is 7.36. The average molecular weight is 568 g/mol. The molecule has 2 saturated carbocycles. The largest absolute Gasteiger partial charge is 0.444 e. The normalized spacial score (nSPS) is 27.5. The molecule has 0 aromatic heterocycles. The fraction of sp³-hybridized carbons (Fsp3) is 0.500. The van der Waals surface area contributed by atoms with Crippen LogP contribution in [0.5, 0.6) is 0 Å². The van der Waals surface area contributed by atoms with Crippen LogP contribution in [-0.4, -0.2) is 55.3 Å². The van der Waals surface area contributed by atoms with E-state index in [0.717, 1.165) is 12.7 Å². The first kappa shape index (κ1) is 28.1. The van der Waals surface area contributed by atoms with E-state index in [1.807, 2.05) is 0 Å². The SMILES string of the molecule is C[C@H]1C2C1[C@@H]1C[C@H]2[C@@H](C(=O)N[C@H](C#N)Cc2ccc(-c3ccc(S(C)(=O)=O)cc3)cc2F)N1C(=O)OC(C)(C)C. The number of amides is 2. The van der Waals surface area contributed by atoms with Crippen molar-refractivity contribution >= 4 is 21.8 Å². The van der Waals surface area contributed by atoms with Crippen molar-refractivity contribution < 1.29 is 27.1 Å². The summed E-state index contributed by atoms with van der Waals surface area (Å²) in [6, 6.07) is 11.1. The first-order valence-electron chi connectivity index (χ1n) is 13.5. The molecule has 0 radical (unpaired) electrons. The van der Waals surface area contributed by atoms with Crippen molar-refractivity contribution in [3.63, 3.8) is 0 Å². The summed E-state index contributed by atoms with van der Waals surface area (Å²) in [6.45, 7) is 7.50. The molecule has 1 N–H and O–H groups in total. The van der Waals surface area contributed by atoms with E-state index < -0.39 is 45.3 Å². The van der Waals surface area contributed by atoms with E-state index in [-0.39, 0.29) is 28.8 Å². The lowest BCUT2D eigenvalue weighted by atomic mass is 9.94. The Morgan fingerprint density at radius 2 is 1.80 bits per heavy atom. The van der Waals surface area contributed by atoms with Gasteiger partial charge in [-0.1, -0.05) is 31.2 Å². The number of sulfone groups is 1. The standard InChI is InChI=1S/C30H34FN3O5S/c1-16-25-22-14-24(26(16)25)34(29(36)39-30(2,3)4)27(22)28(35)33-20(15-32)12-19-7-6-18(13-23(19)31)17-8-10-21(11-9-17)40(5,37)38/h6-11,13,16,20,22,24-27H,12,14H2,1-5H3,(H,33,35)/t16-,20-,22+,24-,25?,26?,27-/m0/s1. The molecule has 2 aromatic carbocycles. The van der Waals surface area contributed by atoms with E-state index in [0.29, 0.717) is 28.9 Å². The number of halogens is 1. The highest BCUT2D eigenvalue weighted by Gasteiger charge is 2.71. The van der Waals surface area contributed by atoms with Gasteiger partial charge in [0.25, 0.3) is 0 Å². The topological polar surface area (TPSA) is 117 Å². The molecule has 8 nitrogen and oxygen atoms in total. The molecule has 10 heteroatoms. The third-order valence-corrected chi connectivity index (χ3v) is 9.60. The number of hydrogen-bond acceptors (Lipinski definition) is 6. The second-order valence-corrected chi connectivity index (χ2v) is 14.3. The predicted molar refractivity (Wildman–Crippen MR) is 146 cm³/mol. The minimum atomic E-state index is -3.34. The predicted octanol–water partition coefficient (Wildman–Crippen LogP) is 4.34. The number of ether oxygens (including phenoxy) is 1. The Hall–Kier alpha value is -3.45. The zero-order valence-electron chi connectivity index (χ0n) is 23.2. The lowest BCUT2D eigenvalue weighted by Crippen LogP contribution is -2.56. The number of likely N-dealkylation sites (tertiary alicyclic amines) is 1. The molecule has 0 spiro atoms. The zero-order valence-corrected chi connectivity index (χ0v) is 24.0. The van der Waals surface area contributed by atoms with E-state index in [9.17, 15) is 23.3 Å². The van der Waals surface area contributed by atoms with Crippen LogP contribution >= 0.6 is 0 Å². The van der Waals surface area contributed by atoms with E-state index in [4.69, 9.17) is 4.74 Å². The van der Waals surface area contributed by atoms with E-state index in [1.54, 1.807) is 49.9 Å². The summed E-state index contributed by atoms with van der Waals surface area (Å²) in [5.74, 6) is 0.268.